The molecule has 0 spiro atoms. The number of rotatable bonds is 3. The van der Waals surface area contributed by atoms with Crippen LogP contribution in [0.2, 0.25) is 0 Å². The van der Waals surface area contributed by atoms with Crippen molar-refractivity contribution in [1.82, 2.24) is 0 Å². The fourth-order valence-electron chi connectivity index (χ4n) is 3.73. The van der Waals surface area contributed by atoms with Crippen molar-refractivity contribution in [3.05, 3.63) is 108 Å². The highest BCUT2D eigenvalue weighted by atomic mass is 32.1. The first kappa shape index (κ1) is 20.0. The molecule has 154 valence electrons. The number of hydrogen-bond donors (Lipinski definition) is 1. The monoisotopic (exact) mass is 431 g/mol. The van der Waals surface area contributed by atoms with E-state index in [1.807, 2.05) is 36.5 Å². The molecule has 1 heterocycles. The summed E-state index contributed by atoms with van der Waals surface area (Å²) in [6.07, 6.45) is 1.83. The van der Waals surface area contributed by atoms with Crippen molar-refractivity contribution < 1.29 is 0 Å². The first-order valence-electron chi connectivity index (χ1n) is 10.4. The zero-order valence-corrected chi connectivity index (χ0v) is 18.4. The summed E-state index contributed by atoms with van der Waals surface area (Å²) in [6.45, 7) is 1.66. The average Bonchev–Trinajstić information content (AvgIpc) is 3.20. The van der Waals surface area contributed by atoms with Crippen LogP contribution in [0.5, 0.6) is 0 Å². The van der Waals surface area contributed by atoms with E-state index in [-0.39, 0.29) is 5.84 Å². The maximum Gasteiger partial charge on any atom is 0.161 e. The zero-order chi connectivity index (χ0) is 21.9. The lowest BCUT2D eigenvalue weighted by Crippen LogP contribution is -2.01. The molecule has 0 saturated heterocycles. The number of thiophene rings is 1. The van der Waals surface area contributed by atoms with Gasteiger partial charge in [0.05, 0.1) is 0 Å². The molecule has 5 aromatic rings. The molecule has 0 aliphatic rings. The number of amidine groups is 2. The molecule has 0 aliphatic carbocycles. The molecule has 0 unspecified atom stereocenters. The van der Waals surface area contributed by atoms with Crippen LogP contribution in [-0.2, 0) is 0 Å². The summed E-state index contributed by atoms with van der Waals surface area (Å²) in [7, 11) is 0. The third-order valence-electron chi connectivity index (χ3n) is 5.26. The lowest BCUT2D eigenvalue weighted by atomic mass is 10.0. The quantitative estimate of drug-likeness (QED) is 0.226. The van der Waals surface area contributed by atoms with Crippen molar-refractivity contribution in [2.75, 3.05) is 0 Å². The zero-order valence-electron chi connectivity index (χ0n) is 17.6. The Hall–Kier alpha value is -3.89. The van der Waals surface area contributed by atoms with E-state index < -0.39 is 0 Å². The van der Waals surface area contributed by atoms with Gasteiger partial charge in [-0.2, -0.15) is 0 Å². The minimum absolute atomic E-state index is 0.226. The molecule has 0 amide bonds. The Labute approximate surface area is 190 Å². The third kappa shape index (κ3) is 4.13. The van der Waals surface area contributed by atoms with E-state index in [1.165, 1.54) is 25.7 Å². The highest BCUT2D eigenvalue weighted by Crippen LogP contribution is 2.33. The fourth-order valence-corrected chi connectivity index (χ4v) is 4.88. The van der Waals surface area contributed by atoms with Crippen molar-refractivity contribution in [3.63, 3.8) is 0 Å². The van der Waals surface area contributed by atoms with Crippen molar-refractivity contribution in [1.29, 1.82) is 5.41 Å². The van der Waals surface area contributed by atoms with Crippen LogP contribution in [0.3, 0.4) is 0 Å². The molecule has 1 N–H and O–H groups in total. The molecular weight excluding hydrogens is 410 g/mol. The molecule has 4 aromatic carbocycles. The number of fused-ring (bicyclic) bond motifs is 3. The molecule has 0 aliphatic heterocycles. The number of nitrogens with zero attached hydrogens (tertiary/aromatic N) is 2. The predicted molar refractivity (Wildman–Crippen MR) is 139 cm³/mol. The van der Waals surface area contributed by atoms with Gasteiger partial charge < -0.3 is 0 Å². The van der Waals surface area contributed by atoms with E-state index >= 15 is 0 Å². The van der Waals surface area contributed by atoms with Crippen molar-refractivity contribution in [2.24, 2.45) is 9.98 Å². The maximum absolute atomic E-state index is 7.84. The van der Waals surface area contributed by atoms with Gasteiger partial charge in [-0.1, -0.05) is 84.9 Å². The van der Waals surface area contributed by atoms with Gasteiger partial charge in [-0.25, -0.2) is 9.98 Å². The Morgan fingerprint density at radius 2 is 1.44 bits per heavy atom. The number of benzene rings is 4. The average molecular weight is 432 g/mol. The minimum atomic E-state index is 0.226. The molecule has 5 rings (SSSR count). The number of nitrogens with one attached hydrogen (secondary N) is 1. The normalized spacial score (nSPS) is 12.1. The Kier molecular flexibility index (Phi) is 5.44. The maximum atomic E-state index is 7.84. The van der Waals surface area contributed by atoms with E-state index in [0.717, 1.165) is 16.7 Å². The van der Waals surface area contributed by atoms with Crippen LogP contribution in [0, 0.1) is 5.41 Å². The van der Waals surface area contributed by atoms with Gasteiger partial charge in [0.1, 0.15) is 5.84 Å². The molecular formula is C28H21N3S. The Morgan fingerprint density at radius 1 is 0.750 bits per heavy atom. The van der Waals surface area contributed by atoms with Gasteiger partial charge in [-0.3, -0.25) is 5.41 Å². The molecule has 0 fully saturated rings. The topological polar surface area (TPSA) is 48.6 Å². The molecule has 0 saturated carbocycles. The van der Waals surface area contributed by atoms with E-state index in [4.69, 9.17) is 5.41 Å². The van der Waals surface area contributed by atoms with Crippen LogP contribution in [0.1, 0.15) is 18.1 Å². The number of aliphatic imine (C=N–C) groups is 2. The predicted octanol–water partition coefficient (Wildman–Crippen LogP) is 7.58. The molecule has 3 nitrogen and oxygen atoms in total. The van der Waals surface area contributed by atoms with Gasteiger partial charge >= 0.3 is 0 Å². The second kappa shape index (κ2) is 8.69. The molecule has 32 heavy (non-hydrogen) atoms. The lowest BCUT2D eigenvalue weighted by Gasteiger charge is -2.05. The summed E-state index contributed by atoms with van der Waals surface area (Å²) in [5.41, 5.74) is 4.20. The van der Waals surface area contributed by atoms with Gasteiger partial charge in [0.25, 0.3) is 0 Å². The van der Waals surface area contributed by atoms with Crippen LogP contribution in [0.15, 0.2) is 107 Å². The van der Waals surface area contributed by atoms with Crippen molar-refractivity contribution >= 4 is 49.4 Å². The van der Waals surface area contributed by atoms with Gasteiger partial charge in [-0.05, 0) is 35.7 Å². The van der Waals surface area contributed by atoms with E-state index in [9.17, 15) is 0 Å². The van der Waals surface area contributed by atoms with E-state index in [0.29, 0.717) is 5.84 Å². The smallest absolute Gasteiger partial charge is 0.161 e. The largest absolute Gasteiger partial charge is 0.287 e. The van der Waals surface area contributed by atoms with Crippen LogP contribution in [0.4, 0.5) is 0 Å². The molecule has 0 atom stereocenters. The summed E-state index contributed by atoms with van der Waals surface area (Å²) in [5.74, 6) is 0.762. The van der Waals surface area contributed by atoms with Crippen LogP contribution < -0.4 is 0 Å². The first-order chi connectivity index (χ1) is 15.7. The van der Waals surface area contributed by atoms with Gasteiger partial charge in [0.15, 0.2) is 5.84 Å². The van der Waals surface area contributed by atoms with E-state index in [1.54, 1.807) is 18.3 Å². The Bertz CT molecular complexity index is 1480. The lowest BCUT2D eigenvalue weighted by molar-refractivity contribution is 1.39. The highest BCUT2D eigenvalue weighted by molar-refractivity contribution is 7.25. The number of hydrogen-bond acceptors (Lipinski definition) is 2. The third-order valence-corrected chi connectivity index (χ3v) is 6.40. The minimum Gasteiger partial charge on any atom is -0.287 e. The molecule has 0 bridgehead atoms. The van der Waals surface area contributed by atoms with Crippen molar-refractivity contribution in [3.8, 4) is 11.1 Å². The van der Waals surface area contributed by atoms with Crippen LogP contribution in [-0.4, -0.2) is 17.9 Å². The fraction of sp³-hybridized carbons (Fsp3) is 0.0357. The van der Waals surface area contributed by atoms with Crippen LogP contribution in [0.25, 0.3) is 31.3 Å². The second-order valence-corrected chi connectivity index (χ2v) is 8.66. The van der Waals surface area contributed by atoms with Gasteiger partial charge in [0.2, 0.25) is 0 Å². The Balaban J connectivity index is 1.46. The van der Waals surface area contributed by atoms with Crippen LogP contribution >= 0.6 is 11.3 Å². The van der Waals surface area contributed by atoms with Gasteiger partial charge in [-0.15, -0.1) is 11.3 Å². The summed E-state index contributed by atoms with van der Waals surface area (Å²) in [6, 6.07) is 33.3. The molecule has 4 heteroatoms. The summed E-state index contributed by atoms with van der Waals surface area (Å²) >= 11 is 1.79. The van der Waals surface area contributed by atoms with Gasteiger partial charge in [0, 0.05) is 32.0 Å². The second-order valence-electron chi connectivity index (χ2n) is 7.58. The molecule has 0 radical (unpaired) electrons. The Morgan fingerprint density at radius 3 is 2.22 bits per heavy atom. The highest BCUT2D eigenvalue weighted by Gasteiger charge is 2.06. The summed E-state index contributed by atoms with van der Waals surface area (Å²) < 4.78 is 2.53. The van der Waals surface area contributed by atoms with Crippen molar-refractivity contribution in [2.45, 2.75) is 6.92 Å². The molecule has 1 aromatic heterocycles. The standard InChI is InChI=1S/C28H21N3S/c1-19(29)31-28(23-14-12-22(13-15-23)21-7-3-2-4-8-21)30-18-20-11-16-25-24-9-5-6-10-26(24)32-27(25)17-20/h2-18,29H,1H3. The summed E-state index contributed by atoms with van der Waals surface area (Å²) in [5, 5.41) is 10.4. The SMILES string of the molecule is CC(=N)N=C(N=Cc1ccc2c(c1)sc1ccccc12)c1ccc(-c2ccccc2)cc1. The first-order valence-corrected chi connectivity index (χ1v) is 11.2. The van der Waals surface area contributed by atoms with E-state index in [2.05, 4.69) is 76.7 Å². The summed E-state index contributed by atoms with van der Waals surface area (Å²) in [4.78, 5) is 9.02.